The Labute approximate surface area is 93.4 Å². The number of benzene rings is 1. The van der Waals surface area contributed by atoms with E-state index < -0.39 is 4.92 Å². The van der Waals surface area contributed by atoms with Crippen LogP contribution >= 0.6 is 0 Å². The van der Waals surface area contributed by atoms with Gasteiger partial charge >= 0.3 is 0 Å². The second-order valence-electron chi connectivity index (χ2n) is 2.97. The van der Waals surface area contributed by atoms with Gasteiger partial charge in [-0.25, -0.2) is 0 Å². The highest BCUT2D eigenvalue weighted by atomic mass is 16.6. The summed E-state index contributed by atoms with van der Waals surface area (Å²) in [5, 5.41) is 10.5. The monoisotopic (exact) mass is 220 g/mol. The minimum atomic E-state index is -0.464. The van der Waals surface area contributed by atoms with Crippen molar-refractivity contribution in [3.63, 3.8) is 0 Å². The van der Waals surface area contributed by atoms with Crippen LogP contribution in [0.5, 0.6) is 5.75 Å². The summed E-state index contributed by atoms with van der Waals surface area (Å²) in [7, 11) is 0. The van der Waals surface area contributed by atoms with E-state index in [-0.39, 0.29) is 18.8 Å². The summed E-state index contributed by atoms with van der Waals surface area (Å²) in [4.78, 5) is 10.1. The molecule has 0 bridgehead atoms. The van der Waals surface area contributed by atoms with Crippen LogP contribution in [0.1, 0.15) is 12.5 Å². The Morgan fingerprint density at radius 3 is 2.88 bits per heavy atom. The molecular formula is C11H12N2O3. The first-order chi connectivity index (χ1) is 7.69. The molecule has 0 saturated heterocycles. The number of non-ortho nitro benzene ring substituents is 1. The lowest BCUT2D eigenvalue weighted by atomic mass is 10.2. The fraction of sp³-hybridized carbons (Fsp3) is 0.273. The van der Waals surface area contributed by atoms with E-state index in [4.69, 9.17) is 10.5 Å². The van der Waals surface area contributed by atoms with Crippen molar-refractivity contribution in [3.05, 3.63) is 33.9 Å². The van der Waals surface area contributed by atoms with Gasteiger partial charge in [0, 0.05) is 24.2 Å². The molecule has 0 aliphatic heterocycles. The molecule has 84 valence electrons. The second kappa shape index (κ2) is 5.73. The van der Waals surface area contributed by atoms with Gasteiger partial charge in [-0.15, -0.1) is 5.92 Å². The summed E-state index contributed by atoms with van der Waals surface area (Å²) < 4.78 is 5.33. The van der Waals surface area contributed by atoms with Crippen molar-refractivity contribution >= 4 is 5.69 Å². The SMILES string of the molecule is CC#CCOc1ccc([N+](=O)[O-])cc1CN. The van der Waals surface area contributed by atoms with Gasteiger partial charge in [0.2, 0.25) is 0 Å². The highest BCUT2D eigenvalue weighted by Gasteiger charge is 2.10. The first kappa shape index (κ1) is 12.0. The number of nitrogens with zero attached hydrogens (tertiary/aromatic N) is 1. The zero-order valence-corrected chi connectivity index (χ0v) is 8.90. The van der Waals surface area contributed by atoms with Gasteiger partial charge in [0.25, 0.3) is 5.69 Å². The Morgan fingerprint density at radius 2 is 2.31 bits per heavy atom. The molecule has 0 spiro atoms. The van der Waals surface area contributed by atoms with Crippen molar-refractivity contribution in [1.29, 1.82) is 0 Å². The van der Waals surface area contributed by atoms with Gasteiger partial charge in [0.1, 0.15) is 12.4 Å². The van der Waals surface area contributed by atoms with E-state index >= 15 is 0 Å². The lowest BCUT2D eigenvalue weighted by molar-refractivity contribution is -0.384. The summed E-state index contributed by atoms with van der Waals surface area (Å²) in [6.07, 6.45) is 0. The maximum absolute atomic E-state index is 10.5. The van der Waals surface area contributed by atoms with E-state index in [0.717, 1.165) is 0 Å². The summed E-state index contributed by atoms with van der Waals surface area (Å²) >= 11 is 0. The third-order valence-corrected chi connectivity index (χ3v) is 1.95. The molecule has 16 heavy (non-hydrogen) atoms. The van der Waals surface area contributed by atoms with Crippen molar-refractivity contribution in [2.45, 2.75) is 13.5 Å². The third-order valence-electron chi connectivity index (χ3n) is 1.95. The number of rotatable bonds is 4. The Hall–Kier alpha value is -2.06. The largest absolute Gasteiger partial charge is 0.481 e. The summed E-state index contributed by atoms with van der Waals surface area (Å²) in [5.41, 5.74) is 6.10. The van der Waals surface area contributed by atoms with E-state index in [1.807, 2.05) is 0 Å². The van der Waals surface area contributed by atoms with Crippen LogP contribution in [-0.2, 0) is 6.54 Å². The molecule has 0 atom stereocenters. The van der Waals surface area contributed by atoms with E-state index in [2.05, 4.69) is 11.8 Å². The number of nitro groups is 1. The predicted molar refractivity (Wildman–Crippen MR) is 59.9 cm³/mol. The lowest BCUT2D eigenvalue weighted by Crippen LogP contribution is -2.03. The van der Waals surface area contributed by atoms with E-state index in [1.54, 1.807) is 6.92 Å². The van der Waals surface area contributed by atoms with Crippen molar-refractivity contribution in [1.82, 2.24) is 0 Å². The lowest BCUT2D eigenvalue weighted by Gasteiger charge is -2.07. The van der Waals surface area contributed by atoms with Crippen LogP contribution in [0.2, 0.25) is 0 Å². The van der Waals surface area contributed by atoms with Gasteiger partial charge in [-0.1, -0.05) is 5.92 Å². The van der Waals surface area contributed by atoms with Gasteiger partial charge in [-0.2, -0.15) is 0 Å². The van der Waals surface area contributed by atoms with E-state index in [1.165, 1.54) is 18.2 Å². The van der Waals surface area contributed by atoms with Gasteiger partial charge in [-0.05, 0) is 13.0 Å². The van der Waals surface area contributed by atoms with Crippen LogP contribution < -0.4 is 10.5 Å². The molecule has 2 N–H and O–H groups in total. The van der Waals surface area contributed by atoms with Gasteiger partial charge < -0.3 is 10.5 Å². The zero-order valence-electron chi connectivity index (χ0n) is 8.90. The van der Waals surface area contributed by atoms with Gasteiger partial charge in [0.05, 0.1) is 4.92 Å². The number of nitro benzene ring substituents is 1. The molecule has 0 aliphatic rings. The summed E-state index contributed by atoms with van der Waals surface area (Å²) in [5.74, 6) is 5.97. The molecule has 1 aromatic rings. The van der Waals surface area contributed by atoms with Crippen molar-refractivity contribution in [3.8, 4) is 17.6 Å². The molecule has 0 aromatic heterocycles. The standard InChI is InChI=1S/C11H12N2O3/c1-2-3-6-16-11-5-4-10(13(14)15)7-9(11)8-12/h4-5,7H,6,8,12H2,1H3. The number of hydrogen-bond acceptors (Lipinski definition) is 4. The first-order valence-electron chi connectivity index (χ1n) is 4.68. The van der Waals surface area contributed by atoms with E-state index in [0.29, 0.717) is 11.3 Å². The highest BCUT2D eigenvalue weighted by Crippen LogP contribution is 2.23. The molecule has 0 saturated carbocycles. The van der Waals surface area contributed by atoms with Gasteiger partial charge in [-0.3, -0.25) is 10.1 Å². The molecule has 0 aliphatic carbocycles. The molecule has 0 radical (unpaired) electrons. The summed E-state index contributed by atoms with van der Waals surface area (Å²) in [6.45, 7) is 2.15. The molecule has 1 rings (SSSR count). The molecule has 0 heterocycles. The average Bonchev–Trinajstić information content (AvgIpc) is 2.29. The fourth-order valence-corrected chi connectivity index (χ4v) is 1.17. The predicted octanol–water partition coefficient (Wildman–Crippen LogP) is 1.46. The van der Waals surface area contributed by atoms with E-state index in [9.17, 15) is 10.1 Å². The minimum Gasteiger partial charge on any atom is -0.481 e. The molecule has 1 aromatic carbocycles. The maximum Gasteiger partial charge on any atom is 0.270 e. The highest BCUT2D eigenvalue weighted by molar-refractivity contribution is 5.43. The summed E-state index contributed by atoms with van der Waals surface area (Å²) in [6, 6.07) is 4.33. The minimum absolute atomic E-state index is 0.00868. The molecule has 0 amide bonds. The van der Waals surface area contributed by atoms with Crippen molar-refractivity contribution < 1.29 is 9.66 Å². The molecule has 0 fully saturated rings. The topological polar surface area (TPSA) is 78.4 Å². The zero-order chi connectivity index (χ0) is 12.0. The number of nitrogens with two attached hydrogens (primary N) is 1. The average molecular weight is 220 g/mol. The Kier molecular flexibility index (Phi) is 4.30. The molecule has 0 unspecified atom stereocenters. The van der Waals surface area contributed by atoms with Crippen LogP contribution in [0.15, 0.2) is 18.2 Å². The van der Waals surface area contributed by atoms with Crippen LogP contribution in [-0.4, -0.2) is 11.5 Å². The quantitative estimate of drug-likeness (QED) is 0.473. The Bertz CT molecular complexity index is 446. The van der Waals surface area contributed by atoms with Crippen LogP contribution in [0, 0.1) is 22.0 Å². The van der Waals surface area contributed by atoms with Gasteiger partial charge in [0.15, 0.2) is 0 Å². The molecular weight excluding hydrogens is 208 g/mol. The smallest absolute Gasteiger partial charge is 0.270 e. The first-order valence-corrected chi connectivity index (χ1v) is 4.68. The number of hydrogen-bond donors (Lipinski definition) is 1. The fourth-order valence-electron chi connectivity index (χ4n) is 1.17. The molecule has 5 nitrogen and oxygen atoms in total. The Balaban J connectivity index is 2.91. The normalized spacial score (nSPS) is 9.12. The Morgan fingerprint density at radius 1 is 1.56 bits per heavy atom. The molecule has 5 heteroatoms. The van der Waals surface area contributed by atoms with Crippen LogP contribution in [0.25, 0.3) is 0 Å². The number of ether oxygens (including phenoxy) is 1. The maximum atomic E-state index is 10.5. The van der Waals surface area contributed by atoms with Crippen molar-refractivity contribution in [2.24, 2.45) is 5.73 Å². The van der Waals surface area contributed by atoms with Crippen molar-refractivity contribution in [2.75, 3.05) is 6.61 Å². The third kappa shape index (κ3) is 2.97. The van der Waals surface area contributed by atoms with Crippen LogP contribution in [0.3, 0.4) is 0 Å². The second-order valence-corrected chi connectivity index (χ2v) is 2.97. The van der Waals surface area contributed by atoms with Crippen LogP contribution in [0.4, 0.5) is 5.69 Å².